The Hall–Kier alpha value is -0.340. The molecule has 1 atom stereocenters. The van der Waals surface area contributed by atoms with Gasteiger partial charge >= 0.3 is 0 Å². The van der Waals surface area contributed by atoms with Crippen LogP contribution in [0.2, 0.25) is 0 Å². The number of halogens is 1. The second kappa shape index (κ2) is 5.83. The van der Waals surface area contributed by atoms with Crippen LogP contribution in [-0.2, 0) is 0 Å². The van der Waals surface area contributed by atoms with Gasteiger partial charge in [0, 0.05) is 11.0 Å². The lowest BCUT2D eigenvalue weighted by atomic mass is 9.90. The fourth-order valence-electron chi connectivity index (χ4n) is 2.58. The van der Waals surface area contributed by atoms with Crippen LogP contribution in [0, 0.1) is 0 Å². The SMILES string of the molecule is CCCN1CCCC(c2ccc(Br)cc2)C1. The van der Waals surface area contributed by atoms with E-state index < -0.39 is 0 Å². The fraction of sp³-hybridized carbons (Fsp3) is 0.571. The van der Waals surface area contributed by atoms with Crippen molar-refractivity contribution >= 4 is 15.9 Å². The van der Waals surface area contributed by atoms with Gasteiger partial charge in [0.2, 0.25) is 0 Å². The van der Waals surface area contributed by atoms with Crippen LogP contribution >= 0.6 is 15.9 Å². The highest BCUT2D eigenvalue weighted by molar-refractivity contribution is 9.10. The lowest BCUT2D eigenvalue weighted by molar-refractivity contribution is 0.208. The number of likely N-dealkylation sites (tertiary alicyclic amines) is 1. The molecule has 0 bridgehead atoms. The molecule has 1 saturated heterocycles. The van der Waals surface area contributed by atoms with Crippen molar-refractivity contribution in [3.05, 3.63) is 34.3 Å². The molecule has 2 rings (SSSR count). The summed E-state index contributed by atoms with van der Waals surface area (Å²) in [5.74, 6) is 0.744. The van der Waals surface area contributed by atoms with E-state index in [0.29, 0.717) is 0 Å². The molecule has 0 N–H and O–H groups in total. The van der Waals surface area contributed by atoms with Crippen molar-refractivity contribution in [1.82, 2.24) is 4.90 Å². The van der Waals surface area contributed by atoms with Crippen LogP contribution < -0.4 is 0 Å². The summed E-state index contributed by atoms with van der Waals surface area (Å²) in [4.78, 5) is 2.61. The standard InChI is InChI=1S/C14H20BrN/c1-2-9-16-10-3-4-13(11-16)12-5-7-14(15)8-6-12/h5-8,13H,2-4,9-11H2,1H3. The first kappa shape index (κ1) is 12.1. The summed E-state index contributed by atoms with van der Waals surface area (Å²) in [7, 11) is 0. The summed E-state index contributed by atoms with van der Waals surface area (Å²) in [6.07, 6.45) is 3.97. The van der Waals surface area contributed by atoms with E-state index in [4.69, 9.17) is 0 Å². The predicted octanol–water partition coefficient (Wildman–Crippen LogP) is 4.04. The molecule has 1 aliphatic rings. The molecule has 1 aliphatic heterocycles. The third kappa shape index (κ3) is 3.08. The molecular weight excluding hydrogens is 262 g/mol. The third-order valence-corrected chi connectivity index (χ3v) is 3.92. The third-order valence-electron chi connectivity index (χ3n) is 3.39. The van der Waals surface area contributed by atoms with E-state index in [1.165, 1.54) is 48.9 Å². The van der Waals surface area contributed by atoms with Crippen LogP contribution in [0.3, 0.4) is 0 Å². The van der Waals surface area contributed by atoms with E-state index in [0.717, 1.165) is 5.92 Å². The van der Waals surface area contributed by atoms with Crippen LogP contribution in [0.5, 0.6) is 0 Å². The van der Waals surface area contributed by atoms with Crippen molar-refractivity contribution in [1.29, 1.82) is 0 Å². The first-order valence-electron chi connectivity index (χ1n) is 6.27. The van der Waals surface area contributed by atoms with Crippen LogP contribution in [0.4, 0.5) is 0 Å². The summed E-state index contributed by atoms with van der Waals surface area (Å²) >= 11 is 3.50. The highest BCUT2D eigenvalue weighted by atomic mass is 79.9. The zero-order valence-electron chi connectivity index (χ0n) is 9.95. The zero-order valence-corrected chi connectivity index (χ0v) is 11.5. The normalized spacial score (nSPS) is 22.2. The number of rotatable bonds is 3. The van der Waals surface area contributed by atoms with Gasteiger partial charge in [0.05, 0.1) is 0 Å². The van der Waals surface area contributed by atoms with Gasteiger partial charge in [0.25, 0.3) is 0 Å². The maximum atomic E-state index is 3.50. The molecule has 0 aliphatic carbocycles. The molecule has 88 valence electrons. The fourth-order valence-corrected chi connectivity index (χ4v) is 2.85. The number of nitrogens with zero attached hydrogens (tertiary/aromatic N) is 1. The molecule has 0 amide bonds. The molecule has 0 spiro atoms. The molecular formula is C14H20BrN. The Morgan fingerprint density at radius 3 is 2.75 bits per heavy atom. The molecule has 2 heteroatoms. The van der Waals surface area contributed by atoms with E-state index in [1.54, 1.807) is 0 Å². The first-order chi connectivity index (χ1) is 7.79. The molecule has 1 unspecified atom stereocenters. The van der Waals surface area contributed by atoms with Crippen molar-refractivity contribution in [2.24, 2.45) is 0 Å². The highest BCUT2D eigenvalue weighted by Crippen LogP contribution is 2.27. The number of piperidine rings is 1. The maximum Gasteiger partial charge on any atom is 0.0175 e. The van der Waals surface area contributed by atoms with Crippen molar-refractivity contribution in [3.8, 4) is 0 Å². The second-order valence-corrected chi connectivity index (χ2v) is 5.61. The number of hydrogen-bond acceptors (Lipinski definition) is 1. The van der Waals surface area contributed by atoms with E-state index in [2.05, 4.69) is 52.0 Å². The molecule has 1 nitrogen and oxygen atoms in total. The van der Waals surface area contributed by atoms with Gasteiger partial charge in [0.1, 0.15) is 0 Å². The Balaban J connectivity index is 2.01. The van der Waals surface area contributed by atoms with Gasteiger partial charge in [0.15, 0.2) is 0 Å². The summed E-state index contributed by atoms with van der Waals surface area (Å²) in [6, 6.07) is 8.86. The van der Waals surface area contributed by atoms with Crippen LogP contribution in [0.25, 0.3) is 0 Å². The molecule has 1 fully saturated rings. The molecule has 1 aromatic rings. The lowest BCUT2D eigenvalue weighted by Crippen LogP contribution is -2.34. The van der Waals surface area contributed by atoms with E-state index in [-0.39, 0.29) is 0 Å². The smallest absolute Gasteiger partial charge is 0.0175 e. The second-order valence-electron chi connectivity index (χ2n) is 4.69. The summed E-state index contributed by atoms with van der Waals surface area (Å²) < 4.78 is 1.18. The average molecular weight is 282 g/mol. The highest BCUT2D eigenvalue weighted by Gasteiger charge is 2.20. The van der Waals surface area contributed by atoms with Gasteiger partial charge in [-0.2, -0.15) is 0 Å². The van der Waals surface area contributed by atoms with Gasteiger partial charge in [-0.05, 0) is 56.0 Å². The largest absolute Gasteiger partial charge is 0.303 e. The quantitative estimate of drug-likeness (QED) is 0.808. The Morgan fingerprint density at radius 2 is 2.06 bits per heavy atom. The van der Waals surface area contributed by atoms with E-state index >= 15 is 0 Å². The van der Waals surface area contributed by atoms with Gasteiger partial charge in [-0.25, -0.2) is 0 Å². The Morgan fingerprint density at radius 1 is 1.31 bits per heavy atom. The molecule has 1 heterocycles. The van der Waals surface area contributed by atoms with Gasteiger partial charge < -0.3 is 4.90 Å². The van der Waals surface area contributed by atoms with Crippen LogP contribution in [0.15, 0.2) is 28.7 Å². The minimum Gasteiger partial charge on any atom is -0.303 e. The monoisotopic (exact) mass is 281 g/mol. The van der Waals surface area contributed by atoms with E-state index in [9.17, 15) is 0 Å². The van der Waals surface area contributed by atoms with E-state index in [1.807, 2.05) is 0 Å². The van der Waals surface area contributed by atoms with Gasteiger partial charge in [-0.15, -0.1) is 0 Å². The minimum absolute atomic E-state index is 0.744. The Kier molecular flexibility index (Phi) is 4.42. The average Bonchev–Trinajstić information content (AvgIpc) is 2.31. The number of benzene rings is 1. The van der Waals surface area contributed by atoms with Crippen molar-refractivity contribution < 1.29 is 0 Å². The topological polar surface area (TPSA) is 3.24 Å². The molecule has 0 radical (unpaired) electrons. The molecule has 0 aromatic heterocycles. The summed E-state index contributed by atoms with van der Waals surface area (Å²) in [5, 5.41) is 0. The van der Waals surface area contributed by atoms with Crippen LogP contribution in [-0.4, -0.2) is 24.5 Å². The van der Waals surface area contributed by atoms with Crippen molar-refractivity contribution in [2.45, 2.75) is 32.1 Å². The first-order valence-corrected chi connectivity index (χ1v) is 7.06. The Bertz CT molecular complexity index is 318. The molecule has 16 heavy (non-hydrogen) atoms. The predicted molar refractivity (Wildman–Crippen MR) is 72.8 cm³/mol. The summed E-state index contributed by atoms with van der Waals surface area (Å²) in [6.45, 7) is 6.06. The van der Waals surface area contributed by atoms with Crippen LogP contribution in [0.1, 0.15) is 37.7 Å². The summed E-state index contributed by atoms with van der Waals surface area (Å²) in [5.41, 5.74) is 1.50. The minimum atomic E-state index is 0.744. The van der Waals surface area contributed by atoms with Gasteiger partial charge in [-0.3, -0.25) is 0 Å². The number of hydrogen-bond donors (Lipinski definition) is 0. The molecule has 1 aromatic carbocycles. The van der Waals surface area contributed by atoms with Crippen molar-refractivity contribution in [2.75, 3.05) is 19.6 Å². The zero-order chi connectivity index (χ0) is 11.4. The lowest BCUT2D eigenvalue weighted by Gasteiger charge is -2.32. The Labute approximate surface area is 107 Å². The van der Waals surface area contributed by atoms with Crippen molar-refractivity contribution in [3.63, 3.8) is 0 Å². The van der Waals surface area contributed by atoms with Gasteiger partial charge in [-0.1, -0.05) is 35.0 Å². The maximum absolute atomic E-state index is 3.50. The molecule has 0 saturated carbocycles.